The molecular weight excluding hydrogens is 355 g/mol. The van der Waals surface area contributed by atoms with Crippen LogP contribution >= 0.6 is 23.2 Å². The van der Waals surface area contributed by atoms with Gasteiger partial charge in [0.25, 0.3) is 5.91 Å². The molecule has 0 aliphatic carbocycles. The van der Waals surface area contributed by atoms with Crippen LogP contribution in [0, 0.1) is 0 Å². The molecule has 1 aliphatic heterocycles. The molecule has 1 atom stereocenters. The minimum Gasteiger partial charge on any atom is -0.371 e. The maximum atomic E-state index is 12.8. The number of ketones is 1. The first-order valence-corrected chi connectivity index (χ1v) is 7.96. The summed E-state index contributed by atoms with van der Waals surface area (Å²) in [5.41, 5.74) is -2.05. The Kier molecular flexibility index (Phi) is 4.95. The lowest BCUT2D eigenvalue weighted by Gasteiger charge is -2.25. The number of hydrogen-bond donors (Lipinski definition) is 1. The summed E-state index contributed by atoms with van der Waals surface area (Å²) in [7, 11) is 1.39. The molecular formula is C16H18Cl2N2O4. The molecule has 1 fully saturated rings. The Balaban J connectivity index is 2.33. The van der Waals surface area contributed by atoms with E-state index in [1.165, 1.54) is 20.1 Å². The highest BCUT2D eigenvalue weighted by atomic mass is 35.5. The third-order valence-electron chi connectivity index (χ3n) is 4.23. The summed E-state index contributed by atoms with van der Waals surface area (Å²) in [5, 5.41) is 3.27. The van der Waals surface area contributed by atoms with Crippen molar-refractivity contribution in [3.05, 3.63) is 33.8 Å². The molecule has 1 unspecified atom stereocenters. The van der Waals surface area contributed by atoms with Gasteiger partial charge in [-0.15, -0.1) is 0 Å². The van der Waals surface area contributed by atoms with E-state index in [1.54, 1.807) is 26.0 Å². The van der Waals surface area contributed by atoms with Crippen LogP contribution in [0.5, 0.6) is 0 Å². The number of ether oxygens (including phenoxy) is 1. The number of hydrogen-bond acceptors (Lipinski definition) is 4. The van der Waals surface area contributed by atoms with E-state index in [9.17, 15) is 14.4 Å². The fourth-order valence-corrected chi connectivity index (χ4v) is 2.96. The summed E-state index contributed by atoms with van der Waals surface area (Å²) in [6.07, 6.45) is 0. The average molecular weight is 373 g/mol. The molecule has 0 spiro atoms. The number of urea groups is 1. The molecule has 0 bridgehead atoms. The summed E-state index contributed by atoms with van der Waals surface area (Å²) in [5.74, 6) is -0.947. The molecule has 2 rings (SSSR count). The van der Waals surface area contributed by atoms with Gasteiger partial charge in [0.2, 0.25) is 0 Å². The van der Waals surface area contributed by atoms with Gasteiger partial charge in [0.05, 0.1) is 6.54 Å². The lowest BCUT2D eigenvalue weighted by molar-refractivity contribution is -0.142. The van der Waals surface area contributed by atoms with Gasteiger partial charge < -0.3 is 10.1 Å². The van der Waals surface area contributed by atoms with Crippen molar-refractivity contribution in [2.45, 2.75) is 31.9 Å². The van der Waals surface area contributed by atoms with Crippen molar-refractivity contribution < 1.29 is 19.1 Å². The molecule has 0 saturated carbocycles. The van der Waals surface area contributed by atoms with Crippen LogP contribution in [0.4, 0.5) is 4.79 Å². The van der Waals surface area contributed by atoms with Crippen LogP contribution in [0.2, 0.25) is 10.0 Å². The van der Waals surface area contributed by atoms with E-state index in [0.29, 0.717) is 10.6 Å². The SMILES string of the molecule is COC(C)(C)C(=O)CN1C(=O)NC(C)(c2ccc(Cl)cc2Cl)C1=O. The minimum atomic E-state index is -1.36. The molecule has 3 amide bonds. The molecule has 1 heterocycles. The third-order valence-corrected chi connectivity index (χ3v) is 4.78. The second-order valence-corrected chi connectivity index (χ2v) is 7.05. The zero-order chi connectivity index (χ0) is 18.3. The number of carbonyl (C=O) groups excluding carboxylic acids is 3. The van der Waals surface area contributed by atoms with Crippen molar-refractivity contribution in [2.24, 2.45) is 0 Å². The molecule has 24 heavy (non-hydrogen) atoms. The molecule has 1 saturated heterocycles. The van der Waals surface area contributed by atoms with Gasteiger partial charge in [0.15, 0.2) is 5.78 Å². The van der Waals surface area contributed by atoms with Gasteiger partial charge in [0.1, 0.15) is 11.1 Å². The predicted molar refractivity (Wildman–Crippen MR) is 90.2 cm³/mol. The number of imide groups is 1. The normalized spacial score (nSPS) is 21.2. The summed E-state index contributed by atoms with van der Waals surface area (Å²) >= 11 is 12.0. The van der Waals surface area contributed by atoms with Gasteiger partial charge in [-0.05, 0) is 32.9 Å². The average Bonchev–Trinajstić information content (AvgIpc) is 2.71. The number of halogens is 2. The summed E-state index contributed by atoms with van der Waals surface area (Å²) in [4.78, 5) is 38.1. The van der Waals surface area contributed by atoms with Crippen LogP contribution in [0.1, 0.15) is 26.3 Å². The first-order chi connectivity index (χ1) is 11.0. The van der Waals surface area contributed by atoms with Crippen LogP contribution in [0.3, 0.4) is 0 Å². The van der Waals surface area contributed by atoms with E-state index in [1.807, 2.05) is 0 Å². The van der Waals surface area contributed by atoms with Gasteiger partial charge >= 0.3 is 6.03 Å². The molecule has 1 aliphatic rings. The van der Waals surface area contributed by atoms with Crippen LogP contribution < -0.4 is 5.32 Å². The van der Waals surface area contributed by atoms with Crippen molar-refractivity contribution in [1.82, 2.24) is 10.2 Å². The number of Topliss-reactive ketones (excluding diaryl/α,β-unsaturated/α-hetero) is 1. The maximum absolute atomic E-state index is 12.8. The zero-order valence-electron chi connectivity index (χ0n) is 13.8. The van der Waals surface area contributed by atoms with Crippen molar-refractivity contribution in [3.8, 4) is 0 Å². The Labute approximate surface area is 150 Å². The van der Waals surface area contributed by atoms with Gasteiger partial charge in [-0.3, -0.25) is 14.5 Å². The van der Waals surface area contributed by atoms with E-state index < -0.39 is 23.1 Å². The van der Waals surface area contributed by atoms with Crippen molar-refractivity contribution in [3.63, 3.8) is 0 Å². The number of benzene rings is 1. The highest BCUT2D eigenvalue weighted by molar-refractivity contribution is 6.35. The Morgan fingerprint density at radius 3 is 2.50 bits per heavy atom. The largest absolute Gasteiger partial charge is 0.371 e. The second kappa shape index (κ2) is 6.35. The molecule has 1 aromatic carbocycles. The number of nitrogens with one attached hydrogen (secondary N) is 1. The lowest BCUT2D eigenvalue weighted by atomic mass is 9.91. The Bertz CT molecular complexity index is 720. The second-order valence-electron chi connectivity index (χ2n) is 6.21. The molecule has 130 valence electrons. The van der Waals surface area contributed by atoms with Crippen LogP contribution in [0.25, 0.3) is 0 Å². The van der Waals surface area contributed by atoms with E-state index >= 15 is 0 Å². The van der Waals surface area contributed by atoms with Gasteiger partial charge in [-0.25, -0.2) is 4.79 Å². The van der Waals surface area contributed by atoms with Crippen molar-refractivity contribution >= 4 is 40.9 Å². The summed E-state index contributed by atoms with van der Waals surface area (Å²) in [6, 6.07) is 3.99. The van der Waals surface area contributed by atoms with Gasteiger partial charge in [0, 0.05) is 22.7 Å². The zero-order valence-corrected chi connectivity index (χ0v) is 15.3. The monoisotopic (exact) mass is 372 g/mol. The van der Waals surface area contributed by atoms with Crippen LogP contribution in [0.15, 0.2) is 18.2 Å². The molecule has 1 aromatic rings. The van der Waals surface area contributed by atoms with Crippen molar-refractivity contribution in [2.75, 3.05) is 13.7 Å². The maximum Gasteiger partial charge on any atom is 0.325 e. The third kappa shape index (κ3) is 3.14. The lowest BCUT2D eigenvalue weighted by Crippen LogP contribution is -2.45. The van der Waals surface area contributed by atoms with Gasteiger partial charge in [-0.2, -0.15) is 0 Å². The molecule has 1 N–H and O–H groups in total. The van der Waals surface area contributed by atoms with E-state index in [-0.39, 0.29) is 17.4 Å². The van der Waals surface area contributed by atoms with E-state index in [4.69, 9.17) is 27.9 Å². The summed E-state index contributed by atoms with van der Waals surface area (Å²) < 4.78 is 5.09. The number of amides is 3. The molecule has 6 nitrogen and oxygen atoms in total. The topological polar surface area (TPSA) is 75.7 Å². The minimum absolute atomic E-state index is 0.254. The van der Waals surface area contributed by atoms with E-state index in [0.717, 1.165) is 4.90 Å². The fourth-order valence-electron chi connectivity index (χ4n) is 2.37. The molecule has 8 heteroatoms. The van der Waals surface area contributed by atoms with E-state index in [2.05, 4.69) is 5.32 Å². The van der Waals surface area contributed by atoms with Gasteiger partial charge in [-0.1, -0.05) is 29.3 Å². The number of rotatable bonds is 5. The number of nitrogens with zero attached hydrogens (tertiary/aromatic N) is 1. The molecule has 0 aromatic heterocycles. The quantitative estimate of drug-likeness (QED) is 0.806. The standard InChI is InChI=1S/C16H18Cl2N2O4/c1-15(2,24-4)12(21)8-20-13(22)16(3,19-14(20)23)10-6-5-9(17)7-11(10)18/h5-7H,8H2,1-4H3,(H,19,23). The molecule has 0 radical (unpaired) electrons. The summed E-state index contributed by atoms with van der Waals surface area (Å²) in [6.45, 7) is 4.30. The smallest absolute Gasteiger partial charge is 0.325 e. The number of carbonyl (C=O) groups is 3. The Morgan fingerprint density at radius 1 is 1.33 bits per heavy atom. The predicted octanol–water partition coefficient (Wildman–Crippen LogP) is 2.75. The highest BCUT2D eigenvalue weighted by Gasteiger charge is 2.51. The van der Waals surface area contributed by atoms with Crippen LogP contribution in [-0.4, -0.2) is 41.9 Å². The Morgan fingerprint density at radius 2 is 1.96 bits per heavy atom. The number of methoxy groups -OCH3 is 1. The Hall–Kier alpha value is -1.63. The highest BCUT2D eigenvalue weighted by Crippen LogP contribution is 2.35. The first kappa shape index (κ1) is 18.7. The fraction of sp³-hybridized carbons (Fsp3) is 0.438. The first-order valence-electron chi connectivity index (χ1n) is 7.21. The van der Waals surface area contributed by atoms with Crippen LogP contribution in [-0.2, 0) is 19.9 Å². The van der Waals surface area contributed by atoms with Crippen molar-refractivity contribution in [1.29, 1.82) is 0 Å².